The number of benzene rings is 1. The molecule has 14 heavy (non-hydrogen) atoms. The number of hydrogen-bond donors (Lipinski definition) is 0. The topological polar surface area (TPSA) is 17.1 Å². The Bertz CT molecular complexity index is 325. The first-order chi connectivity index (χ1) is 6.75. The third kappa shape index (κ3) is 2.68. The van der Waals surface area contributed by atoms with Crippen LogP contribution in [0.25, 0.3) is 0 Å². The van der Waals surface area contributed by atoms with E-state index in [0.29, 0.717) is 18.1 Å². The lowest BCUT2D eigenvalue weighted by Gasteiger charge is -2.00. The van der Waals surface area contributed by atoms with Crippen LogP contribution in [0.5, 0.6) is 0 Å². The Morgan fingerprint density at radius 2 is 1.93 bits per heavy atom. The Balaban J connectivity index is 1.85. The summed E-state index contributed by atoms with van der Waals surface area (Å²) in [7, 11) is 0. The Hall–Kier alpha value is -0.630. The zero-order chi connectivity index (χ0) is 9.97. The van der Waals surface area contributed by atoms with Crippen molar-refractivity contribution in [2.75, 3.05) is 0 Å². The van der Waals surface area contributed by atoms with E-state index in [4.69, 9.17) is 0 Å². The fraction of sp³-hybridized carbons (Fsp3) is 0.417. The van der Waals surface area contributed by atoms with Crippen LogP contribution in [0, 0.1) is 5.92 Å². The van der Waals surface area contributed by atoms with E-state index in [1.165, 1.54) is 5.56 Å². The zero-order valence-corrected chi connectivity index (χ0v) is 9.59. The van der Waals surface area contributed by atoms with Gasteiger partial charge in [0.15, 0.2) is 0 Å². The molecule has 0 aromatic heterocycles. The lowest BCUT2D eigenvalue weighted by atomic mass is 10.1. The van der Waals surface area contributed by atoms with Gasteiger partial charge < -0.3 is 0 Å². The molecule has 0 aliphatic heterocycles. The summed E-state index contributed by atoms with van der Waals surface area (Å²) < 4.78 is 1.09. The molecule has 2 heteroatoms. The quantitative estimate of drug-likeness (QED) is 0.804. The molecule has 1 saturated carbocycles. The molecule has 0 radical (unpaired) electrons. The molecule has 0 spiro atoms. The van der Waals surface area contributed by atoms with Gasteiger partial charge in [-0.3, -0.25) is 4.79 Å². The van der Waals surface area contributed by atoms with Crippen molar-refractivity contribution in [3.63, 3.8) is 0 Å². The summed E-state index contributed by atoms with van der Waals surface area (Å²) in [5.74, 6) is 0.860. The van der Waals surface area contributed by atoms with Gasteiger partial charge in [0.05, 0.1) is 0 Å². The number of Topliss-reactive ketones (excluding diaryl/α,β-unsaturated/α-hetero) is 1. The van der Waals surface area contributed by atoms with Crippen molar-refractivity contribution in [3.05, 3.63) is 34.3 Å². The van der Waals surface area contributed by atoms with Crippen molar-refractivity contribution >= 4 is 21.7 Å². The average molecular weight is 253 g/mol. The summed E-state index contributed by atoms with van der Waals surface area (Å²) in [6.07, 6.45) is 3.85. The number of halogens is 1. The minimum absolute atomic E-state index is 0.408. The van der Waals surface area contributed by atoms with Crippen molar-refractivity contribution in [1.82, 2.24) is 0 Å². The Morgan fingerprint density at radius 3 is 2.50 bits per heavy atom. The largest absolute Gasteiger partial charge is 0.299 e. The second kappa shape index (κ2) is 4.26. The van der Waals surface area contributed by atoms with Crippen molar-refractivity contribution < 1.29 is 4.79 Å². The summed E-state index contributed by atoms with van der Waals surface area (Å²) in [6, 6.07) is 8.20. The number of aryl methyl sites for hydroxylation is 1. The molecule has 0 N–H and O–H groups in total. The number of rotatable bonds is 4. The molecule has 1 aliphatic rings. The normalized spacial score (nSPS) is 15.5. The molecule has 0 heterocycles. The minimum atomic E-state index is 0.408. The predicted molar refractivity (Wildman–Crippen MR) is 60.2 cm³/mol. The Kier molecular flexibility index (Phi) is 3.02. The van der Waals surface area contributed by atoms with E-state index in [9.17, 15) is 4.79 Å². The van der Waals surface area contributed by atoms with E-state index in [1.807, 2.05) is 12.1 Å². The van der Waals surface area contributed by atoms with Crippen LogP contribution < -0.4 is 0 Å². The Labute approximate surface area is 92.6 Å². The van der Waals surface area contributed by atoms with Gasteiger partial charge in [-0.1, -0.05) is 28.1 Å². The maximum atomic E-state index is 11.4. The summed E-state index contributed by atoms with van der Waals surface area (Å²) in [4.78, 5) is 11.4. The number of carbonyl (C=O) groups is 1. The molecule has 74 valence electrons. The highest BCUT2D eigenvalue weighted by molar-refractivity contribution is 9.10. The van der Waals surface area contributed by atoms with Crippen molar-refractivity contribution in [2.45, 2.75) is 25.7 Å². The van der Waals surface area contributed by atoms with Crippen molar-refractivity contribution in [2.24, 2.45) is 5.92 Å². The molecule has 0 bridgehead atoms. The molecule has 0 atom stereocenters. The first-order valence-electron chi connectivity index (χ1n) is 5.03. The fourth-order valence-electron chi connectivity index (χ4n) is 1.53. The molecule has 1 fully saturated rings. The second-order valence-corrected chi connectivity index (χ2v) is 4.78. The van der Waals surface area contributed by atoms with Gasteiger partial charge in [0.1, 0.15) is 5.78 Å². The van der Waals surface area contributed by atoms with E-state index < -0.39 is 0 Å². The number of carbonyl (C=O) groups excluding carboxylic acids is 1. The Morgan fingerprint density at radius 1 is 1.29 bits per heavy atom. The third-order valence-corrected chi connectivity index (χ3v) is 3.13. The molecule has 0 saturated heterocycles. The molecule has 0 unspecified atom stereocenters. The van der Waals surface area contributed by atoms with Crippen LogP contribution in [0.1, 0.15) is 24.8 Å². The molecule has 0 amide bonds. The minimum Gasteiger partial charge on any atom is -0.299 e. The van der Waals surface area contributed by atoms with Gasteiger partial charge in [0.2, 0.25) is 0 Å². The zero-order valence-electron chi connectivity index (χ0n) is 8.00. The molecule has 1 nitrogen and oxygen atoms in total. The fourth-order valence-corrected chi connectivity index (χ4v) is 1.79. The first-order valence-corrected chi connectivity index (χ1v) is 5.82. The summed E-state index contributed by atoms with van der Waals surface area (Å²) in [6.45, 7) is 0. The van der Waals surface area contributed by atoms with E-state index >= 15 is 0 Å². The maximum absolute atomic E-state index is 11.4. The second-order valence-electron chi connectivity index (χ2n) is 3.87. The first kappa shape index (κ1) is 9.91. The van der Waals surface area contributed by atoms with Crippen LogP contribution >= 0.6 is 15.9 Å². The molecular weight excluding hydrogens is 240 g/mol. The monoisotopic (exact) mass is 252 g/mol. The molecule has 1 aliphatic carbocycles. The van der Waals surface area contributed by atoms with Crippen LogP contribution in [0.3, 0.4) is 0 Å². The van der Waals surface area contributed by atoms with E-state index in [-0.39, 0.29) is 0 Å². The standard InChI is InChI=1S/C12H13BrO/c13-11-6-1-9(2-7-11)3-8-12(14)10-4-5-10/h1-2,6-7,10H,3-5,8H2. The van der Waals surface area contributed by atoms with E-state index in [2.05, 4.69) is 28.1 Å². The van der Waals surface area contributed by atoms with E-state index in [0.717, 1.165) is 23.7 Å². The highest BCUT2D eigenvalue weighted by Gasteiger charge is 2.28. The lowest BCUT2D eigenvalue weighted by Crippen LogP contribution is -2.01. The summed E-state index contributed by atoms with van der Waals surface area (Å²) >= 11 is 3.39. The molecule has 1 aromatic rings. The van der Waals surface area contributed by atoms with Crippen molar-refractivity contribution in [1.29, 1.82) is 0 Å². The molecule has 1 aromatic carbocycles. The van der Waals surface area contributed by atoms with Crippen LogP contribution in [-0.2, 0) is 11.2 Å². The molecular formula is C12H13BrO. The van der Waals surface area contributed by atoms with Gasteiger partial charge in [0, 0.05) is 16.8 Å². The predicted octanol–water partition coefficient (Wildman–Crippen LogP) is 3.36. The SMILES string of the molecule is O=C(CCc1ccc(Br)cc1)C1CC1. The smallest absolute Gasteiger partial charge is 0.136 e. The van der Waals surface area contributed by atoms with Crippen molar-refractivity contribution in [3.8, 4) is 0 Å². The van der Waals surface area contributed by atoms with E-state index in [1.54, 1.807) is 0 Å². The van der Waals surface area contributed by atoms with Gasteiger partial charge in [-0.15, -0.1) is 0 Å². The van der Waals surface area contributed by atoms with Gasteiger partial charge in [-0.25, -0.2) is 0 Å². The maximum Gasteiger partial charge on any atom is 0.136 e. The highest BCUT2D eigenvalue weighted by Crippen LogP contribution is 2.31. The van der Waals surface area contributed by atoms with Crippen LogP contribution in [-0.4, -0.2) is 5.78 Å². The third-order valence-electron chi connectivity index (χ3n) is 2.61. The van der Waals surface area contributed by atoms with Gasteiger partial charge in [-0.2, -0.15) is 0 Å². The molecule has 2 rings (SSSR count). The van der Waals surface area contributed by atoms with Crippen LogP contribution in [0.4, 0.5) is 0 Å². The lowest BCUT2D eigenvalue weighted by molar-refractivity contribution is -0.120. The number of hydrogen-bond acceptors (Lipinski definition) is 1. The number of ketones is 1. The van der Waals surface area contributed by atoms with Gasteiger partial charge in [0.25, 0.3) is 0 Å². The average Bonchev–Trinajstić information content (AvgIpc) is 3.00. The van der Waals surface area contributed by atoms with Crippen LogP contribution in [0.2, 0.25) is 0 Å². The summed E-state index contributed by atoms with van der Waals surface area (Å²) in [5.41, 5.74) is 1.25. The highest BCUT2D eigenvalue weighted by atomic mass is 79.9. The summed E-state index contributed by atoms with van der Waals surface area (Å²) in [5, 5.41) is 0. The van der Waals surface area contributed by atoms with Gasteiger partial charge in [-0.05, 0) is 37.0 Å². The van der Waals surface area contributed by atoms with Crippen LogP contribution in [0.15, 0.2) is 28.7 Å². The van der Waals surface area contributed by atoms with Gasteiger partial charge >= 0.3 is 0 Å².